The smallest absolute Gasteiger partial charge is 0.268 e. The first kappa shape index (κ1) is 22.0. The Labute approximate surface area is 191 Å². The van der Waals surface area contributed by atoms with Gasteiger partial charge in [0.1, 0.15) is 22.0 Å². The van der Waals surface area contributed by atoms with Gasteiger partial charge in [-0.3, -0.25) is 9.69 Å². The van der Waals surface area contributed by atoms with E-state index in [2.05, 4.69) is 9.88 Å². The van der Waals surface area contributed by atoms with Gasteiger partial charge in [0.05, 0.1) is 25.8 Å². The molecule has 0 saturated carbocycles. The summed E-state index contributed by atoms with van der Waals surface area (Å²) in [6.07, 6.45) is 0.886. The molecule has 6 nitrogen and oxygen atoms in total. The van der Waals surface area contributed by atoms with E-state index in [4.69, 9.17) is 14.5 Å². The van der Waals surface area contributed by atoms with Crippen molar-refractivity contribution >= 4 is 21.6 Å². The van der Waals surface area contributed by atoms with Crippen LogP contribution in [0.1, 0.15) is 17.8 Å². The van der Waals surface area contributed by atoms with Crippen molar-refractivity contribution in [3.05, 3.63) is 76.3 Å². The fraction of sp³-hybridized carbons (Fsp3) is 0.280. The highest BCUT2D eigenvalue weighted by molar-refractivity contribution is 7.22. The fourth-order valence-corrected chi connectivity index (χ4v) is 4.53. The number of aryl methyl sites for hydroxylation is 1. The van der Waals surface area contributed by atoms with Gasteiger partial charge >= 0.3 is 0 Å². The summed E-state index contributed by atoms with van der Waals surface area (Å²) in [5.74, 6) is 2.40. The molecule has 0 unspecified atom stereocenters. The van der Waals surface area contributed by atoms with Gasteiger partial charge in [-0.15, -0.1) is 11.3 Å². The van der Waals surface area contributed by atoms with Crippen molar-refractivity contribution in [1.82, 2.24) is 14.9 Å². The minimum absolute atomic E-state index is 0.0916. The fourth-order valence-electron chi connectivity index (χ4n) is 3.53. The molecule has 4 rings (SSSR count). The van der Waals surface area contributed by atoms with Crippen LogP contribution in [-0.2, 0) is 6.54 Å². The van der Waals surface area contributed by atoms with Crippen LogP contribution in [0.15, 0.2) is 59.4 Å². The van der Waals surface area contributed by atoms with Gasteiger partial charge in [0.25, 0.3) is 5.56 Å². The standard InChI is InChI=1S/C25H27N3O3S/c1-17-7-4-5-8-21(17)31-14-6-13-28(2)16-23-26-20-15-22(32-24(20)25(29)27-23)18-9-11-19(30-3)12-10-18/h4-5,7-12,15H,6,13-14,16H2,1-3H3,(H,26,27,29). The van der Waals surface area contributed by atoms with Crippen molar-refractivity contribution in [3.8, 4) is 21.9 Å². The number of aromatic nitrogens is 2. The van der Waals surface area contributed by atoms with Crippen LogP contribution in [0.3, 0.4) is 0 Å². The highest BCUT2D eigenvalue weighted by atomic mass is 32.1. The average molecular weight is 450 g/mol. The van der Waals surface area contributed by atoms with E-state index in [-0.39, 0.29) is 5.56 Å². The maximum atomic E-state index is 12.6. The molecule has 1 N–H and O–H groups in total. The Morgan fingerprint density at radius 2 is 1.91 bits per heavy atom. The number of aromatic amines is 1. The quantitative estimate of drug-likeness (QED) is 0.369. The molecular formula is C25H27N3O3S. The third-order valence-corrected chi connectivity index (χ3v) is 6.43. The number of benzene rings is 2. The SMILES string of the molecule is COc1ccc(-c2cc3nc(CN(C)CCCOc4ccccc4C)[nH]c(=O)c3s2)cc1. The summed E-state index contributed by atoms with van der Waals surface area (Å²) < 4.78 is 11.7. The summed E-state index contributed by atoms with van der Waals surface area (Å²) in [5, 5.41) is 0. The predicted octanol–water partition coefficient (Wildman–Crippen LogP) is 4.87. The highest BCUT2D eigenvalue weighted by Gasteiger charge is 2.12. The molecule has 2 aromatic heterocycles. The molecule has 0 atom stereocenters. The lowest BCUT2D eigenvalue weighted by Crippen LogP contribution is -2.23. The van der Waals surface area contributed by atoms with Crippen LogP contribution in [0.4, 0.5) is 0 Å². The van der Waals surface area contributed by atoms with Gasteiger partial charge in [-0.1, -0.05) is 18.2 Å². The summed E-state index contributed by atoms with van der Waals surface area (Å²) in [6.45, 7) is 4.11. The lowest BCUT2D eigenvalue weighted by Gasteiger charge is -2.16. The maximum absolute atomic E-state index is 12.6. The summed E-state index contributed by atoms with van der Waals surface area (Å²) in [6, 6.07) is 17.8. The van der Waals surface area contributed by atoms with Gasteiger partial charge in [-0.2, -0.15) is 0 Å². The molecule has 0 saturated heterocycles. The van der Waals surface area contributed by atoms with Crippen LogP contribution in [0.2, 0.25) is 0 Å². The molecule has 0 spiro atoms. The van der Waals surface area contributed by atoms with Crippen LogP contribution in [0, 0.1) is 6.92 Å². The Morgan fingerprint density at radius 3 is 2.66 bits per heavy atom. The van der Waals surface area contributed by atoms with Gasteiger partial charge < -0.3 is 14.5 Å². The number of fused-ring (bicyclic) bond motifs is 1. The molecule has 0 aliphatic heterocycles. The monoisotopic (exact) mass is 449 g/mol. The molecule has 0 bridgehead atoms. The Bertz CT molecular complexity index is 1250. The normalized spacial score (nSPS) is 11.2. The van der Waals surface area contributed by atoms with Crippen molar-refractivity contribution in [2.45, 2.75) is 19.9 Å². The van der Waals surface area contributed by atoms with E-state index in [1.54, 1.807) is 7.11 Å². The second-order valence-corrected chi connectivity index (χ2v) is 8.82. The number of hydrogen-bond donors (Lipinski definition) is 1. The van der Waals surface area contributed by atoms with E-state index in [1.165, 1.54) is 11.3 Å². The van der Waals surface area contributed by atoms with E-state index in [1.807, 2.05) is 68.6 Å². The van der Waals surface area contributed by atoms with Crippen molar-refractivity contribution in [3.63, 3.8) is 0 Å². The Kier molecular flexibility index (Phi) is 6.87. The topological polar surface area (TPSA) is 67.5 Å². The molecule has 7 heteroatoms. The van der Waals surface area contributed by atoms with Crippen LogP contribution in [-0.4, -0.2) is 42.2 Å². The summed E-state index contributed by atoms with van der Waals surface area (Å²) in [7, 11) is 3.67. The molecule has 166 valence electrons. The summed E-state index contributed by atoms with van der Waals surface area (Å²) in [5.41, 5.74) is 2.82. The molecule has 2 heterocycles. The number of rotatable bonds is 9. The Morgan fingerprint density at radius 1 is 1.12 bits per heavy atom. The van der Waals surface area contributed by atoms with Crippen LogP contribution in [0.25, 0.3) is 20.7 Å². The minimum Gasteiger partial charge on any atom is -0.497 e. The second-order valence-electron chi connectivity index (χ2n) is 7.77. The van der Waals surface area contributed by atoms with Gasteiger partial charge in [0, 0.05) is 11.4 Å². The van der Waals surface area contributed by atoms with Crippen molar-refractivity contribution < 1.29 is 9.47 Å². The third kappa shape index (κ3) is 5.18. The first-order valence-electron chi connectivity index (χ1n) is 10.6. The Hall–Kier alpha value is -3.16. The molecule has 0 aliphatic carbocycles. The predicted molar refractivity (Wildman–Crippen MR) is 130 cm³/mol. The number of para-hydroxylation sites is 1. The van der Waals surface area contributed by atoms with Crippen LogP contribution < -0.4 is 15.0 Å². The zero-order valence-electron chi connectivity index (χ0n) is 18.6. The zero-order valence-corrected chi connectivity index (χ0v) is 19.4. The van der Waals surface area contributed by atoms with Gasteiger partial charge in [-0.05, 0) is 67.9 Å². The van der Waals surface area contributed by atoms with Gasteiger partial charge in [0.2, 0.25) is 0 Å². The zero-order chi connectivity index (χ0) is 22.5. The average Bonchev–Trinajstić information content (AvgIpc) is 3.23. The van der Waals surface area contributed by atoms with Crippen molar-refractivity contribution in [2.24, 2.45) is 0 Å². The molecule has 4 aromatic rings. The van der Waals surface area contributed by atoms with Crippen molar-refractivity contribution in [1.29, 1.82) is 0 Å². The number of hydrogen-bond acceptors (Lipinski definition) is 6. The number of ether oxygens (including phenoxy) is 2. The van der Waals surface area contributed by atoms with E-state index in [0.717, 1.165) is 46.0 Å². The number of H-pyrrole nitrogens is 1. The van der Waals surface area contributed by atoms with Crippen LogP contribution >= 0.6 is 11.3 Å². The number of methoxy groups -OCH3 is 1. The lowest BCUT2D eigenvalue weighted by atomic mass is 10.2. The molecule has 32 heavy (non-hydrogen) atoms. The largest absolute Gasteiger partial charge is 0.497 e. The Balaban J connectivity index is 1.38. The van der Waals surface area contributed by atoms with Gasteiger partial charge in [0.15, 0.2) is 0 Å². The molecule has 0 fully saturated rings. The third-order valence-electron chi connectivity index (χ3n) is 5.26. The number of nitrogens with one attached hydrogen (secondary N) is 1. The van der Waals surface area contributed by atoms with Crippen molar-refractivity contribution in [2.75, 3.05) is 27.3 Å². The highest BCUT2D eigenvalue weighted by Crippen LogP contribution is 2.31. The molecule has 0 radical (unpaired) electrons. The first-order chi connectivity index (χ1) is 15.5. The summed E-state index contributed by atoms with van der Waals surface area (Å²) in [4.78, 5) is 23.4. The molecule has 0 amide bonds. The number of nitrogens with zero attached hydrogens (tertiary/aromatic N) is 2. The van der Waals surface area contributed by atoms with E-state index in [9.17, 15) is 4.79 Å². The van der Waals surface area contributed by atoms with Gasteiger partial charge in [-0.25, -0.2) is 4.98 Å². The van der Waals surface area contributed by atoms with E-state index < -0.39 is 0 Å². The molecule has 0 aliphatic rings. The minimum atomic E-state index is -0.0916. The molecule has 2 aromatic carbocycles. The lowest BCUT2D eigenvalue weighted by molar-refractivity contribution is 0.255. The van der Waals surface area contributed by atoms with Crippen LogP contribution in [0.5, 0.6) is 11.5 Å². The van der Waals surface area contributed by atoms with E-state index >= 15 is 0 Å². The first-order valence-corrected chi connectivity index (χ1v) is 11.4. The maximum Gasteiger partial charge on any atom is 0.268 e. The van der Waals surface area contributed by atoms with E-state index in [0.29, 0.717) is 23.7 Å². The second kappa shape index (κ2) is 9.97. The molecular weight excluding hydrogens is 422 g/mol. The summed E-state index contributed by atoms with van der Waals surface area (Å²) >= 11 is 1.46. The number of thiophene rings is 1.